The van der Waals surface area contributed by atoms with Gasteiger partial charge in [0.2, 0.25) is 0 Å². The SMILES string of the molecule is CC(C)(C)c1ccc2c(c1)c1c3c4cc(C(C)(C)C)cc5c6cc(C(C)(C)CCC(C)(C)c7ccc8c(c7)c7cc9c(c%10ccc(N(c%11ccccc%11)c%11ccccc%11)c%11c%12ccccc%12n9c%10%11)c9c%10cc(C(C)(C)C)ccc%10n8c79)ccc6n(c3cc3c6ccc(N(c7ccccc7)c7ccccc7)cc6n2c31)c54. The summed E-state index contributed by atoms with van der Waals surface area (Å²) in [7, 11) is 0. The highest BCUT2D eigenvalue weighted by Gasteiger charge is 2.35. The van der Waals surface area contributed by atoms with E-state index in [0.29, 0.717) is 0 Å². The second kappa shape index (κ2) is 22.3. The van der Waals surface area contributed by atoms with Crippen LogP contribution in [0.25, 0.3) is 152 Å². The van der Waals surface area contributed by atoms with Gasteiger partial charge in [-0.15, -0.1) is 0 Å². The summed E-state index contributed by atoms with van der Waals surface area (Å²) in [5.74, 6) is 0. The van der Waals surface area contributed by atoms with Gasteiger partial charge >= 0.3 is 0 Å². The van der Waals surface area contributed by atoms with Gasteiger partial charge in [0.15, 0.2) is 0 Å². The topological polar surface area (TPSA) is 24.1 Å². The monoisotopic (exact) mass is 1420 g/mol. The minimum atomic E-state index is -0.157. The lowest BCUT2D eigenvalue weighted by Gasteiger charge is -2.32. The van der Waals surface area contributed by atoms with Gasteiger partial charge in [0.1, 0.15) is 0 Å². The highest BCUT2D eigenvalue weighted by molar-refractivity contribution is 6.41. The molecule has 0 N–H and O–H groups in total. The largest absolute Gasteiger partial charge is 0.310 e. The molecule has 0 unspecified atom stereocenters. The number of hydrogen-bond acceptors (Lipinski definition) is 2. The minimum absolute atomic E-state index is 0.0360. The number of anilines is 6. The first-order valence-electron chi connectivity index (χ1n) is 39.6. The fraction of sp³-hybridized carbons (Fsp3) is 0.192. The Bertz CT molecular complexity index is 7470. The van der Waals surface area contributed by atoms with E-state index >= 15 is 0 Å². The predicted octanol–water partition coefficient (Wildman–Crippen LogP) is 29.2. The van der Waals surface area contributed by atoms with Crippen LogP contribution >= 0.6 is 0 Å². The maximum Gasteiger partial charge on any atom is 0.0641 e. The van der Waals surface area contributed by atoms with Crippen LogP contribution in [0.2, 0.25) is 0 Å². The van der Waals surface area contributed by atoms with Crippen molar-refractivity contribution in [2.45, 2.75) is 130 Å². The van der Waals surface area contributed by atoms with Crippen molar-refractivity contribution in [1.82, 2.24) is 17.6 Å². The maximum absolute atomic E-state index is 2.65. The second-order valence-corrected chi connectivity index (χ2v) is 36.4. The molecule has 0 aliphatic rings. The average molecular weight is 1420 g/mol. The molecule has 0 radical (unpaired) electrons. The molecule has 0 atom stereocenters. The molecule has 22 rings (SSSR count). The number of rotatable bonds is 11. The standard InChI is InChI=1S/C104H88N6/c1-100(2,3)61-38-45-85-79(52-61)94-91-73-44-49-87(106(68-32-22-16-23-33-68)69-34-24-17-25-35-69)93-72-36-26-27-37-82(72)110(97(73)93)89(91)60-78-75-55-64(40-47-83(75)107(85)99(78)94)104(12,13)51-50-103(10,11)63-41-48-84-74(54-63)76-56-65(102(7,8)9)57-81-92-90(109(84)96(76)81)59-77-71-43-42-70(105(66-28-18-14-19-29-66)67-30-20-15-21-31-67)58-88(71)108-86-46-39-62(101(4,5)6)53-80(86)95(92)98(77)108/h14-49,52-60H,50-51H2,1-13H3. The van der Waals surface area contributed by atoms with Gasteiger partial charge in [-0.3, -0.25) is 0 Å². The zero-order valence-electron chi connectivity index (χ0n) is 65.1. The Balaban J connectivity index is 0.688. The molecule has 0 bridgehead atoms. The molecule has 0 saturated heterocycles. The van der Waals surface area contributed by atoms with Crippen molar-refractivity contribution in [1.29, 1.82) is 0 Å². The first-order chi connectivity index (χ1) is 53.0. The van der Waals surface area contributed by atoms with Crippen LogP contribution in [0, 0.1) is 0 Å². The van der Waals surface area contributed by atoms with E-state index in [0.717, 1.165) is 41.3 Å². The zero-order chi connectivity index (χ0) is 74.7. The van der Waals surface area contributed by atoms with Gasteiger partial charge in [0, 0.05) is 115 Å². The Labute approximate surface area is 640 Å². The third-order valence-corrected chi connectivity index (χ3v) is 25.8. The molecule has 22 aromatic rings. The zero-order valence-corrected chi connectivity index (χ0v) is 65.1. The number of benzene rings is 14. The van der Waals surface area contributed by atoms with Crippen molar-refractivity contribution in [2.24, 2.45) is 0 Å². The fourth-order valence-electron chi connectivity index (χ4n) is 19.8. The molecule has 0 amide bonds. The minimum Gasteiger partial charge on any atom is -0.310 e. The number of nitrogens with zero attached hydrogens (tertiary/aromatic N) is 6. The number of hydrogen-bond donors (Lipinski definition) is 0. The van der Waals surface area contributed by atoms with E-state index in [-0.39, 0.29) is 27.1 Å². The van der Waals surface area contributed by atoms with Crippen molar-refractivity contribution in [3.05, 3.63) is 301 Å². The second-order valence-electron chi connectivity index (χ2n) is 36.4. The van der Waals surface area contributed by atoms with Crippen LogP contribution in [0.3, 0.4) is 0 Å². The molecule has 0 aliphatic carbocycles. The summed E-state index contributed by atoms with van der Waals surface area (Å²) in [6, 6.07) is 104. The summed E-state index contributed by atoms with van der Waals surface area (Å²) < 4.78 is 10.5. The lowest BCUT2D eigenvalue weighted by atomic mass is 9.72. The highest BCUT2D eigenvalue weighted by Crippen LogP contribution is 2.55. The summed E-state index contributed by atoms with van der Waals surface area (Å²) in [4.78, 5) is 4.85. The van der Waals surface area contributed by atoms with Crippen molar-refractivity contribution >= 4 is 187 Å². The van der Waals surface area contributed by atoms with Gasteiger partial charge in [0.25, 0.3) is 0 Å². The Morgan fingerprint density at radius 3 is 1.08 bits per heavy atom. The third kappa shape index (κ3) is 8.99. The van der Waals surface area contributed by atoms with E-state index < -0.39 is 0 Å². The van der Waals surface area contributed by atoms with E-state index in [2.05, 4.69) is 390 Å². The third-order valence-electron chi connectivity index (χ3n) is 25.8. The predicted molar refractivity (Wildman–Crippen MR) is 472 cm³/mol. The maximum atomic E-state index is 2.65. The van der Waals surface area contributed by atoms with E-state index in [1.807, 2.05) is 0 Å². The van der Waals surface area contributed by atoms with Crippen LogP contribution < -0.4 is 9.80 Å². The Kier molecular flexibility index (Phi) is 13.2. The Morgan fingerprint density at radius 1 is 0.209 bits per heavy atom. The van der Waals surface area contributed by atoms with Crippen molar-refractivity contribution < 1.29 is 0 Å². The highest BCUT2D eigenvalue weighted by atomic mass is 15.2. The van der Waals surface area contributed by atoms with Crippen molar-refractivity contribution in [3.8, 4) is 0 Å². The van der Waals surface area contributed by atoms with Crippen LogP contribution in [0.15, 0.2) is 273 Å². The van der Waals surface area contributed by atoms with Crippen molar-refractivity contribution in [2.75, 3.05) is 9.80 Å². The first-order valence-corrected chi connectivity index (χ1v) is 39.6. The molecule has 6 heteroatoms. The molecular formula is C104H88N6. The van der Waals surface area contributed by atoms with Gasteiger partial charge in [-0.1, -0.05) is 217 Å². The summed E-state index contributed by atoms with van der Waals surface area (Å²) in [6.07, 6.45) is 2.01. The van der Waals surface area contributed by atoms with Crippen LogP contribution in [0.1, 0.15) is 131 Å². The van der Waals surface area contributed by atoms with Gasteiger partial charge in [0.05, 0.1) is 71.9 Å². The molecule has 14 aromatic carbocycles. The number of fused-ring (bicyclic) bond motifs is 26. The van der Waals surface area contributed by atoms with Crippen LogP contribution in [0.4, 0.5) is 34.1 Å². The quantitative estimate of drug-likeness (QED) is 0.129. The van der Waals surface area contributed by atoms with Crippen molar-refractivity contribution in [3.63, 3.8) is 0 Å². The average Bonchev–Trinajstić information content (AvgIpc) is 1.50. The summed E-state index contributed by atoms with van der Waals surface area (Å²) >= 11 is 0. The Hall–Kier alpha value is -12.1. The van der Waals surface area contributed by atoms with E-state index in [9.17, 15) is 0 Å². The van der Waals surface area contributed by atoms with Crippen LogP contribution in [0.5, 0.6) is 0 Å². The molecule has 6 nitrogen and oxygen atoms in total. The molecular weight excluding hydrogens is 1330 g/mol. The summed E-state index contributed by atoms with van der Waals surface area (Å²) in [6.45, 7) is 31.2. The molecule has 8 heterocycles. The lowest BCUT2D eigenvalue weighted by molar-refractivity contribution is 0.375. The molecule has 0 fully saturated rings. The summed E-state index contributed by atoms with van der Waals surface area (Å²) in [5, 5.41) is 20.9. The number of aromatic nitrogens is 4. The smallest absolute Gasteiger partial charge is 0.0641 e. The fourth-order valence-corrected chi connectivity index (χ4v) is 19.8. The van der Waals surface area contributed by atoms with E-state index in [1.54, 1.807) is 0 Å². The van der Waals surface area contributed by atoms with Crippen LogP contribution in [-0.4, -0.2) is 17.6 Å². The molecule has 0 spiro atoms. The van der Waals surface area contributed by atoms with Crippen LogP contribution in [-0.2, 0) is 27.1 Å². The van der Waals surface area contributed by atoms with E-state index in [4.69, 9.17) is 0 Å². The molecule has 534 valence electrons. The normalized spacial score (nSPS) is 13.4. The lowest BCUT2D eigenvalue weighted by Crippen LogP contribution is -2.24. The molecule has 0 saturated carbocycles. The first kappa shape index (κ1) is 65.0. The number of para-hydroxylation sites is 5. The van der Waals surface area contributed by atoms with Gasteiger partial charge in [-0.25, -0.2) is 0 Å². The van der Waals surface area contributed by atoms with E-state index in [1.165, 1.54) is 186 Å². The molecule has 110 heavy (non-hydrogen) atoms. The Morgan fingerprint density at radius 2 is 0.573 bits per heavy atom. The van der Waals surface area contributed by atoms with Gasteiger partial charge < -0.3 is 27.4 Å². The molecule has 0 aliphatic heterocycles. The van der Waals surface area contributed by atoms with Gasteiger partial charge in [-0.2, -0.15) is 0 Å². The molecule has 8 aromatic heterocycles. The van der Waals surface area contributed by atoms with Gasteiger partial charge in [-0.05, 0) is 213 Å². The summed E-state index contributed by atoms with van der Waals surface area (Å²) in [5.41, 5.74) is 28.3.